The number of likely N-dealkylation sites (N-methyl/N-ethyl adjacent to an activating group) is 1. The van der Waals surface area contributed by atoms with Gasteiger partial charge in [-0.2, -0.15) is 0 Å². The molecule has 2 unspecified atom stereocenters. The molecular formula is C51H85NO7. The first kappa shape index (κ1) is 55.5. The smallest absolute Gasteiger partial charge is 0.306 e. The van der Waals surface area contributed by atoms with Crippen LogP contribution in [0.25, 0.3) is 0 Å². The van der Waals surface area contributed by atoms with Crippen molar-refractivity contribution in [3.63, 3.8) is 0 Å². The maximum Gasteiger partial charge on any atom is 0.306 e. The lowest BCUT2D eigenvalue weighted by atomic mass is 10.1. The summed E-state index contributed by atoms with van der Waals surface area (Å²) in [6.45, 7) is 4.40. The van der Waals surface area contributed by atoms with E-state index in [1.807, 2.05) is 0 Å². The number of hydrogen-bond donors (Lipinski definition) is 0. The number of carboxylic acids is 1. The Hall–Kier alpha value is -3.49. The third-order valence-corrected chi connectivity index (χ3v) is 9.78. The minimum Gasteiger partial charge on any atom is -0.544 e. The molecule has 8 heteroatoms. The van der Waals surface area contributed by atoms with Crippen molar-refractivity contribution in [1.82, 2.24) is 0 Å². The van der Waals surface area contributed by atoms with Crippen molar-refractivity contribution in [3.8, 4) is 0 Å². The molecule has 0 bridgehead atoms. The fraction of sp³-hybridized carbons (Fsp3) is 0.667. The van der Waals surface area contributed by atoms with Crippen LogP contribution >= 0.6 is 0 Å². The van der Waals surface area contributed by atoms with Crippen LogP contribution in [0.4, 0.5) is 0 Å². The van der Waals surface area contributed by atoms with E-state index in [0.29, 0.717) is 12.8 Å². The number of unbranched alkanes of at least 4 members (excludes halogenated alkanes) is 12. The molecule has 0 aromatic carbocycles. The molecule has 0 fully saturated rings. The number of quaternary nitrogens is 1. The minimum absolute atomic E-state index is 0.0267. The van der Waals surface area contributed by atoms with E-state index in [9.17, 15) is 19.5 Å². The fourth-order valence-electron chi connectivity index (χ4n) is 6.25. The molecule has 0 saturated carbocycles. The van der Waals surface area contributed by atoms with Crippen molar-refractivity contribution in [3.05, 3.63) is 85.1 Å². The van der Waals surface area contributed by atoms with Gasteiger partial charge in [-0.15, -0.1) is 0 Å². The second-order valence-electron chi connectivity index (χ2n) is 16.2. The highest BCUT2D eigenvalue weighted by atomic mass is 16.6. The summed E-state index contributed by atoms with van der Waals surface area (Å²) in [4.78, 5) is 36.9. The third kappa shape index (κ3) is 39.7. The van der Waals surface area contributed by atoms with E-state index in [4.69, 9.17) is 14.2 Å². The van der Waals surface area contributed by atoms with Crippen molar-refractivity contribution in [2.24, 2.45) is 0 Å². The van der Waals surface area contributed by atoms with Gasteiger partial charge in [0.25, 0.3) is 0 Å². The summed E-state index contributed by atoms with van der Waals surface area (Å²) in [6, 6.07) is -0.734. The average molecular weight is 824 g/mol. The van der Waals surface area contributed by atoms with Gasteiger partial charge in [0.05, 0.1) is 40.3 Å². The molecule has 0 N–H and O–H groups in total. The Balaban J connectivity index is 4.32. The van der Waals surface area contributed by atoms with Gasteiger partial charge in [-0.05, 0) is 83.5 Å². The Morgan fingerprint density at radius 2 is 0.898 bits per heavy atom. The van der Waals surface area contributed by atoms with Gasteiger partial charge in [0.15, 0.2) is 6.10 Å². The van der Waals surface area contributed by atoms with Crippen LogP contribution in [0.5, 0.6) is 0 Å². The van der Waals surface area contributed by atoms with E-state index in [0.717, 1.165) is 116 Å². The fourth-order valence-corrected chi connectivity index (χ4v) is 6.25. The maximum atomic E-state index is 12.7. The molecule has 0 amide bonds. The lowest BCUT2D eigenvalue weighted by molar-refractivity contribution is -0.889. The molecule has 0 radical (unpaired) electrons. The molecule has 2 atom stereocenters. The van der Waals surface area contributed by atoms with Gasteiger partial charge in [0.2, 0.25) is 0 Å². The van der Waals surface area contributed by atoms with Crippen LogP contribution in [0.15, 0.2) is 85.1 Å². The van der Waals surface area contributed by atoms with Crippen molar-refractivity contribution < 1.29 is 38.2 Å². The normalized spacial score (nSPS) is 13.7. The molecule has 0 aliphatic rings. The number of allylic oxidation sites excluding steroid dienone is 14. The van der Waals surface area contributed by atoms with E-state index in [1.54, 1.807) is 21.1 Å². The summed E-state index contributed by atoms with van der Waals surface area (Å²) in [5.74, 6) is -1.78. The molecule has 0 saturated heterocycles. The number of ether oxygens (including phenoxy) is 3. The second-order valence-corrected chi connectivity index (χ2v) is 16.2. The quantitative estimate of drug-likeness (QED) is 0.0262. The Labute approximate surface area is 361 Å². The van der Waals surface area contributed by atoms with Gasteiger partial charge in [-0.25, -0.2) is 0 Å². The summed E-state index contributed by atoms with van der Waals surface area (Å²) in [5.41, 5.74) is 0. The van der Waals surface area contributed by atoms with Gasteiger partial charge in [-0.3, -0.25) is 9.59 Å². The largest absolute Gasteiger partial charge is 0.544 e. The summed E-state index contributed by atoms with van der Waals surface area (Å²) in [5, 5.41) is 11.6. The van der Waals surface area contributed by atoms with Crippen LogP contribution < -0.4 is 5.11 Å². The highest BCUT2D eigenvalue weighted by molar-refractivity contribution is 5.70. The average Bonchev–Trinajstić information content (AvgIpc) is 3.19. The molecular weight excluding hydrogens is 739 g/mol. The Morgan fingerprint density at radius 1 is 0.508 bits per heavy atom. The first-order valence-electron chi connectivity index (χ1n) is 23.1. The van der Waals surface area contributed by atoms with Gasteiger partial charge in [0.1, 0.15) is 12.6 Å². The lowest BCUT2D eigenvalue weighted by Gasteiger charge is -2.34. The van der Waals surface area contributed by atoms with E-state index < -0.39 is 18.1 Å². The highest BCUT2D eigenvalue weighted by Crippen LogP contribution is 2.13. The minimum atomic E-state index is -1.13. The van der Waals surface area contributed by atoms with Crippen molar-refractivity contribution in [1.29, 1.82) is 0 Å². The topological polar surface area (TPSA) is 102 Å². The molecule has 0 heterocycles. The van der Waals surface area contributed by atoms with Gasteiger partial charge < -0.3 is 28.6 Å². The van der Waals surface area contributed by atoms with Crippen LogP contribution in [0.2, 0.25) is 0 Å². The molecule has 0 aromatic heterocycles. The Kier molecular flexibility index (Phi) is 38.8. The number of hydrogen-bond acceptors (Lipinski definition) is 7. The van der Waals surface area contributed by atoms with Crippen LogP contribution in [0.3, 0.4) is 0 Å². The Morgan fingerprint density at radius 3 is 1.32 bits per heavy atom. The van der Waals surface area contributed by atoms with Crippen LogP contribution in [-0.4, -0.2) is 75.5 Å². The molecule has 59 heavy (non-hydrogen) atoms. The first-order chi connectivity index (χ1) is 28.6. The monoisotopic (exact) mass is 824 g/mol. The molecule has 0 spiro atoms. The predicted molar refractivity (Wildman–Crippen MR) is 245 cm³/mol. The van der Waals surface area contributed by atoms with Crippen molar-refractivity contribution in [2.45, 2.75) is 180 Å². The van der Waals surface area contributed by atoms with E-state index in [2.05, 4.69) is 98.9 Å². The SMILES string of the molecule is CC/C=C/C/C=C/C/C=C/C/C=C/C/C=C/CCCCCCCCCC(=O)OC(COCCC(C(=O)[O-])[N+](C)(C)C)COC(=O)CCCCCCC/C=C/C/C=C/CC. The lowest BCUT2D eigenvalue weighted by Crippen LogP contribution is -2.55. The number of rotatable bonds is 40. The standard InChI is InChI=1S/C51H85NO7/c1-6-8-10-12-14-16-18-20-21-22-23-24-25-26-27-28-29-30-32-34-36-38-40-42-50(54)59-47(45-57-44-43-48(51(55)56)52(3,4)5)46-58-49(53)41-39-37-35-33-31-19-17-15-13-11-9-7-2/h8-11,14-17,20-21,23-24,26-27,47-48H,6-7,12-13,18-19,22,25,28-46H2,1-5H3/b10-8+,11-9+,16-14+,17-15+,21-20+,24-23+,27-26+. The predicted octanol–water partition coefficient (Wildman–Crippen LogP) is 11.6. The van der Waals surface area contributed by atoms with E-state index >= 15 is 0 Å². The molecule has 8 nitrogen and oxygen atoms in total. The first-order valence-corrected chi connectivity index (χ1v) is 23.1. The summed E-state index contributed by atoms with van der Waals surface area (Å²) in [7, 11) is 5.39. The van der Waals surface area contributed by atoms with E-state index in [-0.39, 0.29) is 42.7 Å². The summed E-state index contributed by atoms with van der Waals surface area (Å²) >= 11 is 0. The zero-order valence-electron chi connectivity index (χ0n) is 38.1. The Bertz CT molecular complexity index is 1240. The molecule has 0 aliphatic heterocycles. The number of carbonyl (C=O) groups excluding carboxylic acids is 3. The summed E-state index contributed by atoms with van der Waals surface area (Å²) < 4.78 is 17.1. The highest BCUT2D eigenvalue weighted by Gasteiger charge is 2.25. The number of carboxylic acid groups (broad SMARTS) is 1. The number of nitrogens with zero attached hydrogens (tertiary/aromatic N) is 1. The molecule has 0 rings (SSSR count). The zero-order valence-corrected chi connectivity index (χ0v) is 38.1. The number of aliphatic carboxylic acids is 1. The van der Waals surface area contributed by atoms with E-state index in [1.165, 1.54) is 19.3 Å². The number of carbonyl (C=O) groups is 3. The molecule has 0 aromatic rings. The zero-order chi connectivity index (χ0) is 43.5. The maximum absolute atomic E-state index is 12.7. The second kappa shape index (κ2) is 41.3. The molecule has 0 aliphatic carbocycles. The van der Waals surface area contributed by atoms with Gasteiger partial charge in [-0.1, -0.05) is 150 Å². The van der Waals surface area contributed by atoms with Gasteiger partial charge in [0, 0.05) is 19.3 Å². The van der Waals surface area contributed by atoms with Crippen LogP contribution in [0, 0.1) is 0 Å². The van der Waals surface area contributed by atoms with Crippen molar-refractivity contribution >= 4 is 17.9 Å². The third-order valence-electron chi connectivity index (χ3n) is 9.78. The number of esters is 2. The van der Waals surface area contributed by atoms with Crippen molar-refractivity contribution in [2.75, 3.05) is 41.0 Å². The van der Waals surface area contributed by atoms with Crippen LogP contribution in [0.1, 0.15) is 168 Å². The van der Waals surface area contributed by atoms with Gasteiger partial charge >= 0.3 is 11.9 Å². The molecule has 336 valence electrons. The summed E-state index contributed by atoms with van der Waals surface area (Å²) in [6.07, 6.45) is 53.2. The van der Waals surface area contributed by atoms with Crippen LogP contribution in [-0.2, 0) is 28.6 Å².